The van der Waals surface area contributed by atoms with Gasteiger partial charge in [-0.2, -0.15) is 5.10 Å². The summed E-state index contributed by atoms with van der Waals surface area (Å²) in [5.74, 6) is 2.12. The van der Waals surface area contributed by atoms with Crippen LogP contribution in [-0.2, 0) is 11.3 Å². The number of carbonyl (C=O) groups excluding carboxylic acids is 1. The summed E-state index contributed by atoms with van der Waals surface area (Å²) in [6.45, 7) is 4.04. The highest BCUT2D eigenvalue weighted by Crippen LogP contribution is 2.27. The highest BCUT2D eigenvalue weighted by Gasteiger charge is 2.26. The van der Waals surface area contributed by atoms with Crippen molar-refractivity contribution in [3.8, 4) is 11.4 Å². The number of nitrogens with zero attached hydrogens (tertiary/aromatic N) is 4. The minimum absolute atomic E-state index is 0.142. The van der Waals surface area contributed by atoms with Crippen molar-refractivity contribution in [2.45, 2.75) is 38.6 Å². The first-order chi connectivity index (χ1) is 15.6. The summed E-state index contributed by atoms with van der Waals surface area (Å²) in [5.41, 5.74) is 4.19. The molecule has 2 N–H and O–H groups in total. The van der Waals surface area contributed by atoms with E-state index in [-0.39, 0.29) is 11.8 Å². The van der Waals surface area contributed by atoms with E-state index in [0.29, 0.717) is 24.3 Å². The van der Waals surface area contributed by atoms with E-state index >= 15 is 0 Å². The Bertz CT molecular complexity index is 1270. The monoisotopic (exact) mass is 446 g/mol. The van der Waals surface area contributed by atoms with Crippen LogP contribution in [0.25, 0.3) is 22.4 Å². The van der Waals surface area contributed by atoms with Crippen molar-refractivity contribution < 1.29 is 4.79 Å². The number of carbonyl (C=O) groups is 1. The number of aromatic amines is 2. The van der Waals surface area contributed by atoms with Gasteiger partial charge in [-0.3, -0.25) is 14.5 Å². The lowest BCUT2D eigenvalue weighted by Gasteiger charge is -2.32. The van der Waals surface area contributed by atoms with Gasteiger partial charge in [-0.05, 0) is 44.1 Å². The lowest BCUT2D eigenvalue weighted by atomic mass is 9.97. The standard InChI is InChI=1S/C24H26N6OS/c1-16-8-10-17(11-9-16)23-27-28-24(32)30(23)14-12-21(31)29-13-4-5-18(15-29)22-25-19-6-2-3-7-20(19)26-22/h2-3,6-11,18H,4-5,12-15H2,1H3,(H,25,26)(H,28,32). The van der Waals surface area contributed by atoms with Gasteiger partial charge in [0.05, 0.1) is 11.0 Å². The Balaban J connectivity index is 1.27. The van der Waals surface area contributed by atoms with Gasteiger partial charge in [0.25, 0.3) is 0 Å². The van der Waals surface area contributed by atoms with Crippen LogP contribution in [0.4, 0.5) is 0 Å². The fourth-order valence-corrected chi connectivity index (χ4v) is 4.63. The zero-order valence-corrected chi connectivity index (χ0v) is 18.9. The average molecular weight is 447 g/mol. The highest BCUT2D eigenvalue weighted by atomic mass is 32.1. The lowest BCUT2D eigenvalue weighted by molar-refractivity contribution is -0.132. The van der Waals surface area contributed by atoms with Gasteiger partial charge in [-0.1, -0.05) is 42.0 Å². The van der Waals surface area contributed by atoms with E-state index in [1.54, 1.807) is 0 Å². The smallest absolute Gasteiger partial charge is 0.224 e. The molecule has 1 atom stereocenters. The molecular formula is C24H26N6OS. The lowest BCUT2D eigenvalue weighted by Crippen LogP contribution is -2.39. The molecule has 1 unspecified atom stereocenters. The third kappa shape index (κ3) is 4.10. The van der Waals surface area contributed by atoms with Crippen molar-refractivity contribution >= 4 is 29.2 Å². The van der Waals surface area contributed by atoms with E-state index in [4.69, 9.17) is 17.2 Å². The van der Waals surface area contributed by atoms with Gasteiger partial charge in [0.2, 0.25) is 5.91 Å². The summed E-state index contributed by atoms with van der Waals surface area (Å²) < 4.78 is 2.45. The quantitative estimate of drug-likeness (QED) is 0.439. The molecule has 32 heavy (non-hydrogen) atoms. The zero-order chi connectivity index (χ0) is 22.1. The molecule has 5 rings (SSSR count). The number of rotatable bonds is 5. The summed E-state index contributed by atoms with van der Waals surface area (Å²) in [5, 5.41) is 7.26. The zero-order valence-electron chi connectivity index (χ0n) is 18.0. The van der Waals surface area contributed by atoms with Gasteiger partial charge in [0.1, 0.15) is 5.82 Å². The Morgan fingerprint density at radius 2 is 2.00 bits per heavy atom. The maximum atomic E-state index is 13.1. The van der Waals surface area contributed by atoms with Crippen LogP contribution in [0.15, 0.2) is 48.5 Å². The highest BCUT2D eigenvalue weighted by molar-refractivity contribution is 7.71. The first-order valence-corrected chi connectivity index (χ1v) is 11.4. The van der Waals surface area contributed by atoms with E-state index in [2.05, 4.69) is 34.2 Å². The number of para-hydroxylation sites is 2. The topological polar surface area (TPSA) is 82.6 Å². The number of likely N-dealkylation sites (tertiary alicyclic amines) is 1. The third-order valence-corrected chi connectivity index (χ3v) is 6.50. The maximum Gasteiger partial charge on any atom is 0.224 e. The van der Waals surface area contributed by atoms with Crippen LogP contribution in [-0.4, -0.2) is 48.6 Å². The first kappa shape index (κ1) is 20.6. The van der Waals surface area contributed by atoms with Gasteiger partial charge in [0.15, 0.2) is 10.6 Å². The number of hydrogen-bond donors (Lipinski definition) is 2. The normalized spacial score (nSPS) is 16.5. The number of H-pyrrole nitrogens is 2. The van der Waals surface area contributed by atoms with Crippen molar-refractivity contribution in [3.05, 3.63) is 64.7 Å². The number of nitrogens with one attached hydrogen (secondary N) is 2. The number of hydrogen-bond acceptors (Lipinski definition) is 4. The molecule has 0 radical (unpaired) electrons. The molecule has 1 saturated heterocycles. The molecule has 0 saturated carbocycles. The summed E-state index contributed by atoms with van der Waals surface area (Å²) in [6.07, 6.45) is 2.40. The molecule has 7 nitrogen and oxygen atoms in total. The fraction of sp³-hybridized carbons (Fsp3) is 0.333. The van der Waals surface area contributed by atoms with Gasteiger partial charge >= 0.3 is 0 Å². The number of aromatic nitrogens is 5. The van der Waals surface area contributed by atoms with Gasteiger partial charge in [-0.25, -0.2) is 4.98 Å². The minimum Gasteiger partial charge on any atom is -0.342 e. The molecule has 2 aromatic carbocycles. The molecule has 4 aromatic rings. The van der Waals surface area contributed by atoms with Crippen molar-refractivity contribution in [1.82, 2.24) is 29.6 Å². The Hall–Kier alpha value is -3.26. The molecule has 0 spiro atoms. The number of benzene rings is 2. The molecule has 1 fully saturated rings. The van der Waals surface area contributed by atoms with E-state index in [1.165, 1.54) is 5.56 Å². The summed E-state index contributed by atoms with van der Waals surface area (Å²) in [7, 11) is 0. The molecule has 0 aliphatic carbocycles. The summed E-state index contributed by atoms with van der Waals surface area (Å²) in [6, 6.07) is 16.2. The van der Waals surface area contributed by atoms with Crippen molar-refractivity contribution in [2.24, 2.45) is 0 Å². The van der Waals surface area contributed by atoms with Crippen LogP contribution in [0.3, 0.4) is 0 Å². The predicted molar refractivity (Wildman–Crippen MR) is 127 cm³/mol. The molecule has 3 heterocycles. The Labute approximate surface area is 191 Å². The Morgan fingerprint density at radius 3 is 2.81 bits per heavy atom. The van der Waals surface area contributed by atoms with Crippen molar-refractivity contribution in [1.29, 1.82) is 0 Å². The second kappa shape index (κ2) is 8.70. The molecule has 164 valence electrons. The third-order valence-electron chi connectivity index (χ3n) is 6.19. The SMILES string of the molecule is Cc1ccc(-c2n[nH]c(=S)n2CCC(=O)N2CCCC(c3nc4ccccc4[nH]3)C2)cc1. The fourth-order valence-electron chi connectivity index (χ4n) is 4.41. The van der Waals surface area contributed by atoms with E-state index in [0.717, 1.165) is 47.6 Å². The number of amides is 1. The van der Waals surface area contributed by atoms with E-state index in [9.17, 15) is 4.79 Å². The van der Waals surface area contributed by atoms with Crippen molar-refractivity contribution in [2.75, 3.05) is 13.1 Å². The molecule has 1 aliphatic rings. The number of fused-ring (bicyclic) bond motifs is 1. The molecule has 1 amide bonds. The van der Waals surface area contributed by atoms with Crippen LogP contribution >= 0.6 is 12.2 Å². The van der Waals surface area contributed by atoms with Crippen LogP contribution in [0, 0.1) is 11.7 Å². The van der Waals surface area contributed by atoms with Crippen LogP contribution < -0.4 is 0 Å². The Kier molecular flexibility index (Phi) is 5.61. The number of imidazole rings is 1. The van der Waals surface area contributed by atoms with Gasteiger partial charge < -0.3 is 9.88 Å². The molecule has 1 aliphatic heterocycles. The molecule has 8 heteroatoms. The van der Waals surface area contributed by atoms with Crippen LogP contribution in [0.1, 0.15) is 36.6 Å². The van der Waals surface area contributed by atoms with Gasteiger partial charge in [-0.15, -0.1) is 0 Å². The van der Waals surface area contributed by atoms with Gasteiger partial charge in [0, 0.05) is 37.5 Å². The van der Waals surface area contributed by atoms with Crippen molar-refractivity contribution in [3.63, 3.8) is 0 Å². The molecule has 0 bridgehead atoms. The molecular weight excluding hydrogens is 420 g/mol. The van der Waals surface area contributed by atoms with Crippen LogP contribution in [0.5, 0.6) is 0 Å². The Morgan fingerprint density at radius 1 is 1.19 bits per heavy atom. The summed E-state index contributed by atoms with van der Waals surface area (Å²) in [4.78, 5) is 23.2. The number of piperidine rings is 1. The minimum atomic E-state index is 0.142. The predicted octanol–water partition coefficient (Wildman–Crippen LogP) is 4.59. The second-order valence-corrected chi connectivity index (χ2v) is 8.82. The second-order valence-electron chi connectivity index (χ2n) is 8.44. The van der Waals surface area contributed by atoms with E-state index in [1.807, 2.05) is 45.9 Å². The van der Waals surface area contributed by atoms with E-state index < -0.39 is 0 Å². The summed E-state index contributed by atoms with van der Waals surface area (Å²) >= 11 is 5.43. The molecule has 2 aromatic heterocycles. The largest absolute Gasteiger partial charge is 0.342 e. The average Bonchev–Trinajstić information content (AvgIpc) is 3.41. The number of aryl methyl sites for hydroxylation is 1. The first-order valence-electron chi connectivity index (χ1n) is 11.0. The maximum absolute atomic E-state index is 13.1. The van der Waals surface area contributed by atoms with Crippen LogP contribution in [0.2, 0.25) is 0 Å².